The van der Waals surface area contributed by atoms with E-state index in [2.05, 4.69) is 10.6 Å². The summed E-state index contributed by atoms with van der Waals surface area (Å²) in [5.41, 5.74) is -0.591. The van der Waals surface area contributed by atoms with E-state index in [1.807, 2.05) is 6.07 Å². The Bertz CT molecular complexity index is 809. The number of carbonyl (C=O) groups excluding carboxylic acids is 2. The number of para-hydroxylation sites is 2. The number of rotatable bonds is 3. The van der Waals surface area contributed by atoms with Gasteiger partial charge in [-0.3, -0.25) is 4.79 Å². The van der Waals surface area contributed by atoms with Crippen LogP contribution in [0.15, 0.2) is 54.6 Å². The van der Waals surface area contributed by atoms with Crippen LogP contribution in [0.2, 0.25) is 0 Å². The summed E-state index contributed by atoms with van der Waals surface area (Å²) in [6.45, 7) is 0.424. The van der Waals surface area contributed by atoms with Crippen molar-refractivity contribution in [3.05, 3.63) is 60.2 Å². The van der Waals surface area contributed by atoms with Gasteiger partial charge in [-0.05, 0) is 30.7 Å². The Morgan fingerprint density at radius 1 is 1.04 bits per heavy atom. The molecule has 0 radical (unpaired) electrons. The average molecular weight is 363 g/mol. The number of hydrogen-bond acceptors (Lipinski definition) is 2. The first kappa shape index (κ1) is 17.8. The van der Waals surface area contributed by atoms with Gasteiger partial charge >= 0.3 is 12.2 Å². The number of amides is 3. The van der Waals surface area contributed by atoms with Crippen molar-refractivity contribution < 1.29 is 22.8 Å². The lowest BCUT2D eigenvalue weighted by Gasteiger charge is -2.18. The lowest BCUT2D eigenvalue weighted by molar-refractivity contribution is -0.137. The highest BCUT2D eigenvalue weighted by molar-refractivity contribution is 6.02. The Balaban J connectivity index is 1.66. The van der Waals surface area contributed by atoms with Gasteiger partial charge in [0.05, 0.1) is 11.3 Å². The maximum Gasteiger partial charge on any atom is 0.418 e. The third kappa shape index (κ3) is 3.79. The quantitative estimate of drug-likeness (QED) is 0.875. The van der Waals surface area contributed by atoms with Gasteiger partial charge < -0.3 is 15.5 Å². The van der Waals surface area contributed by atoms with E-state index in [0.29, 0.717) is 18.7 Å². The predicted octanol–water partition coefficient (Wildman–Crippen LogP) is 3.63. The van der Waals surface area contributed by atoms with E-state index in [9.17, 15) is 22.8 Å². The minimum absolute atomic E-state index is 0.296. The van der Waals surface area contributed by atoms with Gasteiger partial charge in [0.2, 0.25) is 5.91 Å². The monoisotopic (exact) mass is 363 g/mol. The van der Waals surface area contributed by atoms with Crippen LogP contribution in [-0.4, -0.2) is 24.5 Å². The maximum absolute atomic E-state index is 13.0. The fourth-order valence-corrected chi connectivity index (χ4v) is 2.83. The maximum atomic E-state index is 13.0. The second-order valence-electron chi connectivity index (χ2n) is 5.81. The number of nitrogens with one attached hydrogen (secondary N) is 2. The molecular weight excluding hydrogens is 347 g/mol. The molecule has 2 aromatic carbocycles. The Morgan fingerprint density at radius 2 is 1.69 bits per heavy atom. The summed E-state index contributed by atoms with van der Waals surface area (Å²) in [4.78, 5) is 26.0. The van der Waals surface area contributed by atoms with Crippen molar-refractivity contribution >= 4 is 23.3 Å². The molecule has 2 aromatic rings. The van der Waals surface area contributed by atoms with Crippen LogP contribution in [0.4, 0.5) is 29.3 Å². The Morgan fingerprint density at radius 3 is 2.38 bits per heavy atom. The van der Waals surface area contributed by atoms with Gasteiger partial charge in [0.25, 0.3) is 0 Å². The number of nitrogens with zero attached hydrogens (tertiary/aromatic N) is 1. The second kappa shape index (κ2) is 7.07. The molecule has 0 spiro atoms. The summed E-state index contributed by atoms with van der Waals surface area (Å²) in [7, 11) is 0. The average Bonchev–Trinajstić information content (AvgIpc) is 2.96. The zero-order valence-electron chi connectivity index (χ0n) is 13.6. The molecule has 1 heterocycles. The summed E-state index contributed by atoms with van der Waals surface area (Å²) < 4.78 is 38.9. The van der Waals surface area contributed by atoms with Crippen molar-refractivity contribution in [3.8, 4) is 0 Å². The first-order valence-corrected chi connectivity index (χ1v) is 7.96. The first-order chi connectivity index (χ1) is 12.4. The summed E-state index contributed by atoms with van der Waals surface area (Å²) in [5.74, 6) is -0.296. The first-order valence-electron chi connectivity index (χ1n) is 7.96. The van der Waals surface area contributed by atoms with E-state index in [1.165, 1.54) is 17.0 Å². The minimum Gasteiger partial charge on any atom is -0.326 e. The molecule has 1 saturated heterocycles. The molecule has 1 fully saturated rings. The molecule has 0 bridgehead atoms. The molecule has 5 nitrogen and oxygen atoms in total. The number of benzene rings is 2. The minimum atomic E-state index is -4.59. The molecule has 1 aliphatic rings. The van der Waals surface area contributed by atoms with Gasteiger partial charge in [-0.1, -0.05) is 30.3 Å². The van der Waals surface area contributed by atoms with Crippen molar-refractivity contribution in [2.75, 3.05) is 16.8 Å². The highest BCUT2D eigenvalue weighted by Gasteiger charge is 2.35. The van der Waals surface area contributed by atoms with E-state index in [-0.39, 0.29) is 11.6 Å². The van der Waals surface area contributed by atoms with Crippen LogP contribution in [0.5, 0.6) is 0 Å². The fourth-order valence-electron chi connectivity index (χ4n) is 2.83. The summed E-state index contributed by atoms with van der Waals surface area (Å²) >= 11 is 0. The largest absolute Gasteiger partial charge is 0.418 e. The number of carbonyl (C=O) groups is 2. The zero-order valence-corrected chi connectivity index (χ0v) is 13.6. The van der Waals surface area contributed by atoms with Gasteiger partial charge in [-0.25, -0.2) is 4.79 Å². The Kier molecular flexibility index (Phi) is 4.83. The van der Waals surface area contributed by atoms with Crippen molar-refractivity contribution in [2.24, 2.45) is 0 Å². The highest BCUT2D eigenvalue weighted by atomic mass is 19.4. The van der Waals surface area contributed by atoms with Crippen molar-refractivity contribution in [2.45, 2.75) is 18.6 Å². The number of urea groups is 1. The number of alkyl halides is 3. The second-order valence-corrected chi connectivity index (χ2v) is 5.81. The van der Waals surface area contributed by atoms with Crippen LogP contribution in [0.1, 0.15) is 12.0 Å². The molecule has 0 aromatic heterocycles. The molecule has 3 rings (SSSR count). The normalized spacial score (nSPS) is 17.3. The van der Waals surface area contributed by atoms with Crippen LogP contribution in [-0.2, 0) is 11.0 Å². The molecule has 26 heavy (non-hydrogen) atoms. The predicted molar refractivity (Wildman–Crippen MR) is 90.8 cm³/mol. The molecule has 3 amide bonds. The van der Waals surface area contributed by atoms with Crippen LogP contribution >= 0.6 is 0 Å². The molecule has 1 atom stereocenters. The molecule has 136 valence electrons. The highest BCUT2D eigenvalue weighted by Crippen LogP contribution is 2.34. The third-order valence-corrected chi connectivity index (χ3v) is 4.06. The molecular formula is C18H16F3N3O2. The van der Waals surface area contributed by atoms with Gasteiger partial charge in [0.1, 0.15) is 6.04 Å². The van der Waals surface area contributed by atoms with Crippen LogP contribution in [0.3, 0.4) is 0 Å². The molecule has 1 unspecified atom stereocenters. The number of halogens is 3. The smallest absolute Gasteiger partial charge is 0.326 e. The van der Waals surface area contributed by atoms with Gasteiger partial charge in [-0.2, -0.15) is 13.2 Å². The summed E-state index contributed by atoms with van der Waals surface area (Å²) in [5, 5.41) is 4.63. The van der Waals surface area contributed by atoms with Gasteiger partial charge in [-0.15, -0.1) is 0 Å². The lowest BCUT2D eigenvalue weighted by atomic mass is 10.1. The Hall–Kier alpha value is -3.03. The summed E-state index contributed by atoms with van der Waals surface area (Å²) in [6.07, 6.45) is -4.21. The van der Waals surface area contributed by atoms with E-state index in [1.54, 1.807) is 24.3 Å². The number of anilines is 2. The Labute approximate surface area is 147 Å². The topological polar surface area (TPSA) is 61.4 Å². The molecule has 0 saturated carbocycles. The van der Waals surface area contributed by atoms with Crippen molar-refractivity contribution in [3.63, 3.8) is 0 Å². The third-order valence-electron chi connectivity index (χ3n) is 4.06. The fraction of sp³-hybridized carbons (Fsp3) is 0.222. The molecule has 1 aliphatic heterocycles. The molecule has 8 heteroatoms. The summed E-state index contributed by atoms with van der Waals surface area (Å²) in [6, 6.07) is 12.0. The van der Waals surface area contributed by atoms with Gasteiger partial charge in [0.15, 0.2) is 0 Å². The lowest BCUT2D eigenvalue weighted by Crippen LogP contribution is -2.43. The standard InChI is InChI=1S/C18H16F3N3O2/c19-18(20,21)13-8-4-5-9-14(13)22-17(26)23-15-10-11-24(16(15)25)12-6-2-1-3-7-12/h1-9,15H,10-11H2,(H2,22,23,26). The van der Waals surface area contributed by atoms with E-state index in [4.69, 9.17) is 0 Å². The van der Waals surface area contributed by atoms with E-state index >= 15 is 0 Å². The number of hydrogen-bond donors (Lipinski definition) is 2. The molecule has 0 aliphatic carbocycles. The van der Waals surface area contributed by atoms with Crippen LogP contribution in [0.25, 0.3) is 0 Å². The van der Waals surface area contributed by atoms with E-state index in [0.717, 1.165) is 12.1 Å². The van der Waals surface area contributed by atoms with Crippen molar-refractivity contribution in [1.82, 2.24) is 5.32 Å². The van der Waals surface area contributed by atoms with Crippen LogP contribution < -0.4 is 15.5 Å². The van der Waals surface area contributed by atoms with Gasteiger partial charge in [0, 0.05) is 12.2 Å². The van der Waals surface area contributed by atoms with Crippen LogP contribution in [0, 0.1) is 0 Å². The van der Waals surface area contributed by atoms with Crippen molar-refractivity contribution in [1.29, 1.82) is 0 Å². The zero-order chi connectivity index (χ0) is 18.7. The SMILES string of the molecule is O=C(Nc1ccccc1C(F)(F)F)NC1CCN(c2ccccc2)C1=O. The molecule has 2 N–H and O–H groups in total. The van der Waals surface area contributed by atoms with E-state index < -0.39 is 23.8 Å².